The van der Waals surface area contributed by atoms with E-state index in [0.717, 1.165) is 29.9 Å². The largest absolute Gasteiger partial charge is 0.416 e. The molecule has 0 unspecified atom stereocenters. The average molecular weight is 509 g/mol. The van der Waals surface area contributed by atoms with Gasteiger partial charge in [0.2, 0.25) is 0 Å². The van der Waals surface area contributed by atoms with Crippen LogP contribution in [0.3, 0.4) is 0 Å². The normalized spacial score (nSPS) is 14.2. The number of benzene rings is 2. The number of rotatable bonds is 7. The van der Waals surface area contributed by atoms with E-state index in [1.807, 2.05) is 46.0 Å². The van der Waals surface area contributed by atoms with Gasteiger partial charge < -0.3 is 19.7 Å². The highest BCUT2D eigenvalue weighted by molar-refractivity contribution is 6.07. The van der Waals surface area contributed by atoms with Crippen LogP contribution in [-0.2, 0) is 12.7 Å². The number of pyridine rings is 1. The number of hydrogen-bond acceptors (Lipinski definition) is 5. The summed E-state index contributed by atoms with van der Waals surface area (Å²) in [6, 6.07) is 14.8. The maximum Gasteiger partial charge on any atom is 0.416 e. The number of aromatic nitrogens is 3. The number of carbonyl (C=O) groups is 1. The molecule has 0 saturated carbocycles. The molecule has 2 aromatic carbocycles. The lowest BCUT2D eigenvalue weighted by molar-refractivity contribution is -0.137. The van der Waals surface area contributed by atoms with Crippen LogP contribution in [0.25, 0.3) is 10.9 Å². The maximum absolute atomic E-state index is 13.1. The van der Waals surface area contributed by atoms with Gasteiger partial charge in [0, 0.05) is 62.7 Å². The number of anilines is 2. The van der Waals surface area contributed by atoms with Crippen LogP contribution >= 0.6 is 0 Å². The summed E-state index contributed by atoms with van der Waals surface area (Å²) < 4.78 is 41.4. The van der Waals surface area contributed by atoms with E-state index in [1.165, 1.54) is 12.1 Å². The molecule has 0 atom stereocenters. The molecule has 0 radical (unpaired) electrons. The van der Waals surface area contributed by atoms with Crippen LogP contribution in [0.2, 0.25) is 0 Å². The molecule has 10 heteroatoms. The Morgan fingerprint density at radius 3 is 2.51 bits per heavy atom. The standard InChI is InChI=1S/C27H27F3N6O/c28-27(29,30)20-5-3-6-21(17-20)35-13-15-36(16-14-35)25-18-23(22-7-1-2-8-24(22)33-25)26(37)32-9-4-11-34-12-10-31-19-34/h1-3,5-8,10,12,17-19H,4,9,11,13-16H2,(H,32,37). The second-order valence-corrected chi connectivity index (χ2v) is 8.98. The van der Waals surface area contributed by atoms with Gasteiger partial charge in [-0.3, -0.25) is 4.79 Å². The summed E-state index contributed by atoms with van der Waals surface area (Å²) >= 11 is 0. The third-order valence-electron chi connectivity index (χ3n) is 6.53. The predicted octanol–water partition coefficient (Wildman–Crippen LogP) is 4.60. The Morgan fingerprint density at radius 1 is 0.973 bits per heavy atom. The van der Waals surface area contributed by atoms with Crippen LogP contribution in [0, 0.1) is 0 Å². The topological polar surface area (TPSA) is 66.3 Å². The molecule has 1 fully saturated rings. The maximum atomic E-state index is 13.1. The van der Waals surface area contributed by atoms with Crippen molar-refractivity contribution >= 4 is 28.3 Å². The Labute approximate surface area is 212 Å². The van der Waals surface area contributed by atoms with Crippen molar-refractivity contribution in [1.29, 1.82) is 0 Å². The van der Waals surface area contributed by atoms with Crippen molar-refractivity contribution in [2.75, 3.05) is 42.5 Å². The van der Waals surface area contributed by atoms with E-state index in [-0.39, 0.29) is 5.91 Å². The van der Waals surface area contributed by atoms with Gasteiger partial charge in [0.1, 0.15) is 5.82 Å². The molecule has 4 aromatic rings. The molecule has 37 heavy (non-hydrogen) atoms. The Hall–Kier alpha value is -4.08. The number of hydrogen-bond donors (Lipinski definition) is 1. The lowest BCUT2D eigenvalue weighted by atomic mass is 10.1. The number of piperazine rings is 1. The van der Waals surface area contributed by atoms with E-state index in [1.54, 1.807) is 18.6 Å². The second-order valence-electron chi connectivity index (χ2n) is 8.98. The number of halogens is 3. The molecule has 2 aromatic heterocycles. The monoisotopic (exact) mass is 508 g/mol. The molecule has 0 bridgehead atoms. The first kappa shape index (κ1) is 24.6. The van der Waals surface area contributed by atoms with Gasteiger partial charge in [-0.2, -0.15) is 13.2 Å². The van der Waals surface area contributed by atoms with Crippen molar-refractivity contribution in [1.82, 2.24) is 19.9 Å². The summed E-state index contributed by atoms with van der Waals surface area (Å²) in [5.41, 5.74) is 1.19. The minimum absolute atomic E-state index is 0.159. The van der Waals surface area contributed by atoms with Crippen LogP contribution in [0.15, 0.2) is 73.3 Å². The number of alkyl halides is 3. The van der Waals surface area contributed by atoms with E-state index in [4.69, 9.17) is 4.98 Å². The van der Waals surface area contributed by atoms with Crippen LogP contribution in [0.5, 0.6) is 0 Å². The Kier molecular flexibility index (Phi) is 6.98. The lowest BCUT2D eigenvalue weighted by Gasteiger charge is -2.37. The zero-order chi connectivity index (χ0) is 25.8. The molecule has 1 aliphatic heterocycles. The number of para-hydroxylation sites is 1. The number of aryl methyl sites for hydroxylation is 1. The third-order valence-corrected chi connectivity index (χ3v) is 6.53. The molecule has 3 heterocycles. The molecular weight excluding hydrogens is 481 g/mol. The highest BCUT2D eigenvalue weighted by atomic mass is 19.4. The number of nitrogens with one attached hydrogen (secondary N) is 1. The Bertz CT molecular complexity index is 1360. The van der Waals surface area contributed by atoms with Gasteiger partial charge in [0.25, 0.3) is 5.91 Å². The number of amides is 1. The van der Waals surface area contributed by atoms with Crippen molar-refractivity contribution in [3.8, 4) is 0 Å². The first-order valence-corrected chi connectivity index (χ1v) is 12.2. The molecule has 192 valence electrons. The summed E-state index contributed by atoms with van der Waals surface area (Å²) in [5.74, 6) is 0.527. The fraction of sp³-hybridized carbons (Fsp3) is 0.296. The molecule has 1 aliphatic rings. The number of fused-ring (bicyclic) bond motifs is 1. The SMILES string of the molecule is O=C(NCCCn1ccnc1)c1cc(N2CCN(c3cccc(C(F)(F)F)c3)CC2)nc2ccccc12. The highest BCUT2D eigenvalue weighted by Crippen LogP contribution is 2.32. The number of carbonyl (C=O) groups excluding carboxylic acids is 1. The van der Waals surface area contributed by atoms with E-state index in [9.17, 15) is 18.0 Å². The van der Waals surface area contributed by atoms with Crippen molar-refractivity contribution in [3.63, 3.8) is 0 Å². The first-order chi connectivity index (χ1) is 17.9. The summed E-state index contributed by atoms with van der Waals surface area (Å²) in [4.78, 5) is 26.0. The summed E-state index contributed by atoms with van der Waals surface area (Å²) in [5, 5.41) is 3.79. The quantitative estimate of drug-likeness (QED) is 0.370. The van der Waals surface area contributed by atoms with Crippen LogP contribution in [-0.4, -0.2) is 53.2 Å². The van der Waals surface area contributed by atoms with E-state index in [2.05, 4.69) is 15.2 Å². The molecular formula is C27H27F3N6O. The van der Waals surface area contributed by atoms with Crippen molar-refractivity contribution in [3.05, 3.63) is 84.4 Å². The summed E-state index contributed by atoms with van der Waals surface area (Å²) in [6.07, 6.45) is 1.76. The molecule has 0 aliphatic carbocycles. The van der Waals surface area contributed by atoms with E-state index < -0.39 is 11.7 Å². The van der Waals surface area contributed by atoms with Gasteiger partial charge in [-0.1, -0.05) is 24.3 Å². The molecule has 0 spiro atoms. The minimum Gasteiger partial charge on any atom is -0.368 e. The van der Waals surface area contributed by atoms with Crippen LogP contribution in [0.4, 0.5) is 24.7 Å². The summed E-state index contributed by atoms with van der Waals surface area (Å²) in [6.45, 7) is 3.54. The fourth-order valence-corrected chi connectivity index (χ4v) is 4.56. The molecule has 5 rings (SSSR count). The molecule has 7 nitrogen and oxygen atoms in total. The van der Waals surface area contributed by atoms with Crippen molar-refractivity contribution in [2.24, 2.45) is 0 Å². The third kappa shape index (κ3) is 5.68. The van der Waals surface area contributed by atoms with Gasteiger partial charge in [0.15, 0.2) is 0 Å². The molecule has 1 amide bonds. The summed E-state index contributed by atoms with van der Waals surface area (Å²) in [7, 11) is 0. The van der Waals surface area contributed by atoms with E-state index in [0.29, 0.717) is 49.8 Å². The van der Waals surface area contributed by atoms with Crippen molar-refractivity contribution < 1.29 is 18.0 Å². The van der Waals surface area contributed by atoms with Gasteiger partial charge in [-0.15, -0.1) is 0 Å². The van der Waals surface area contributed by atoms with Gasteiger partial charge in [-0.25, -0.2) is 9.97 Å². The van der Waals surface area contributed by atoms with Crippen LogP contribution in [0.1, 0.15) is 22.3 Å². The number of nitrogens with zero attached hydrogens (tertiary/aromatic N) is 5. The zero-order valence-corrected chi connectivity index (χ0v) is 20.2. The highest BCUT2D eigenvalue weighted by Gasteiger charge is 2.31. The Morgan fingerprint density at radius 2 is 1.76 bits per heavy atom. The minimum atomic E-state index is -4.37. The first-order valence-electron chi connectivity index (χ1n) is 12.2. The van der Waals surface area contributed by atoms with E-state index >= 15 is 0 Å². The molecule has 1 N–H and O–H groups in total. The fourth-order valence-electron chi connectivity index (χ4n) is 4.56. The molecule has 1 saturated heterocycles. The smallest absolute Gasteiger partial charge is 0.368 e. The predicted molar refractivity (Wildman–Crippen MR) is 137 cm³/mol. The van der Waals surface area contributed by atoms with Gasteiger partial charge in [0.05, 0.1) is 23.0 Å². The second kappa shape index (κ2) is 10.5. The van der Waals surface area contributed by atoms with Gasteiger partial charge in [-0.05, 0) is 36.8 Å². The van der Waals surface area contributed by atoms with Crippen LogP contribution < -0.4 is 15.1 Å². The zero-order valence-electron chi connectivity index (χ0n) is 20.2. The lowest BCUT2D eigenvalue weighted by Crippen LogP contribution is -2.47. The number of imidazole rings is 1. The Balaban J connectivity index is 1.28. The van der Waals surface area contributed by atoms with Crippen molar-refractivity contribution in [2.45, 2.75) is 19.1 Å². The van der Waals surface area contributed by atoms with Gasteiger partial charge >= 0.3 is 6.18 Å². The average Bonchev–Trinajstić information content (AvgIpc) is 3.44.